The summed E-state index contributed by atoms with van der Waals surface area (Å²) in [6.07, 6.45) is -0.542. The molecule has 8 nitrogen and oxygen atoms in total. The molecular weight excluding hydrogens is 398 g/mol. The molecule has 1 atom stereocenters. The van der Waals surface area contributed by atoms with Crippen LogP contribution in [0.1, 0.15) is 22.8 Å². The predicted molar refractivity (Wildman–Crippen MR) is 105 cm³/mol. The topological polar surface area (TPSA) is 99.2 Å². The SMILES string of the molecule is COC(=O)C(C)OC(=O)c1cc(S(=O)(=O)N2CCc3ccccc32)ccc1OC. The van der Waals surface area contributed by atoms with Crippen molar-refractivity contribution in [1.29, 1.82) is 0 Å². The second-order valence-electron chi connectivity index (χ2n) is 6.39. The van der Waals surface area contributed by atoms with Crippen LogP contribution in [0, 0.1) is 0 Å². The van der Waals surface area contributed by atoms with Gasteiger partial charge in [-0.1, -0.05) is 18.2 Å². The molecule has 0 bridgehead atoms. The van der Waals surface area contributed by atoms with Gasteiger partial charge in [0, 0.05) is 6.54 Å². The molecule has 1 aliphatic heterocycles. The Morgan fingerprint density at radius 2 is 1.83 bits per heavy atom. The highest BCUT2D eigenvalue weighted by Gasteiger charge is 2.32. The van der Waals surface area contributed by atoms with E-state index in [9.17, 15) is 18.0 Å². The van der Waals surface area contributed by atoms with E-state index in [-0.39, 0.29) is 16.2 Å². The van der Waals surface area contributed by atoms with E-state index in [1.165, 1.54) is 43.6 Å². The smallest absolute Gasteiger partial charge is 0.346 e. The average molecular weight is 419 g/mol. The Balaban J connectivity index is 1.96. The zero-order valence-electron chi connectivity index (χ0n) is 16.2. The lowest BCUT2D eigenvalue weighted by molar-refractivity contribution is -0.149. The highest BCUT2D eigenvalue weighted by atomic mass is 32.2. The maximum Gasteiger partial charge on any atom is 0.346 e. The number of para-hydroxylation sites is 1. The number of sulfonamides is 1. The summed E-state index contributed by atoms with van der Waals surface area (Å²) in [6, 6.07) is 11.2. The van der Waals surface area contributed by atoms with Crippen LogP contribution in [0.3, 0.4) is 0 Å². The summed E-state index contributed by atoms with van der Waals surface area (Å²) < 4.78 is 42.5. The van der Waals surface area contributed by atoms with Crippen molar-refractivity contribution in [2.24, 2.45) is 0 Å². The molecule has 0 spiro atoms. The minimum absolute atomic E-state index is 0.0762. The van der Waals surface area contributed by atoms with Gasteiger partial charge < -0.3 is 14.2 Å². The van der Waals surface area contributed by atoms with Gasteiger partial charge in [0.15, 0.2) is 6.10 Å². The minimum atomic E-state index is -3.90. The van der Waals surface area contributed by atoms with Gasteiger partial charge in [0.2, 0.25) is 0 Å². The first-order chi connectivity index (χ1) is 13.8. The van der Waals surface area contributed by atoms with E-state index < -0.39 is 28.1 Å². The Hall–Kier alpha value is -3.07. The van der Waals surface area contributed by atoms with Crippen molar-refractivity contribution in [3.63, 3.8) is 0 Å². The minimum Gasteiger partial charge on any atom is -0.496 e. The van der Waals surface area contributed by atoms with Crippen LogP contribution >= 0.6 is 0 Å². The van der Waals surface area contributed by atoms with Crippen molar-refractivity contribution >= 4 is 27.6 Å². The third-order valence-corrected chi connectivity index (χ3v) is 6.45. The molecule has 1 unspecified atom stereocenters. The van der Waals surface area contributed by atoms with E-state index >= 15 is 0 Å². The van der Waals surface area contributed by atoms with Crippen molar-refractivity contribution in [2.75, 3.05) is 25.1 Å². The number of fused-ring (bicyclic) bond motifs is 1. The van der Waals surface area contributed by atoms with Crippen LogP contribution in [0.5, 0.6) is 5.75 Å². The van der Waals surface area contributed by atoms with E-state index in [0.717, 1.165) is 5.56 Å². The normalized spacial score (nSPS) is 14.1. The standard InChI is InChI=1S/C20H21NO7S/c1-13(19(22)27-3)28-20(23)16-12-15(8-9-18(16)26-2)29(24,25)21-11-10-14-6-4-5-7-17(14)21/h4-9,12-13H,10-11H2,1-3H3. The Bertz CT molecular complexity index is 1050. The second-order valence-corrected chi connectivity index (χ2v) is 8.25. The van der Waals surface area contributed by atoms with Gasteiger partial charge in [0.25, 0.3) is 10.0 Å². The second kappa shape index (κ2) is 8.12. The van der Waals surface area contributed by atoms with Crippen LogP contribution in [0.4, 0.5) is 5.69 Å². The maximum absolute atomic E-state index is 13.2. The van der Waals surface area contributed by atoms with E-state index in [1.54, 1.807) is 12.1 Å². The van der Waals surface area contributed by atoms with Crippen molar-refractivity contribution in [2.45, 2.75) is 24.3 Å². The van der Waals surface area contributed by atoms with Gasteiger partial charge in [0.05, 0.1) is 24.8 Å². The molecule has 154 valence electrons. The largest absolute Gasteiger partial charge is 0.496 e. The predicted octanol–water partition coefficient (Wildman–Crippen LogP) is 2.16. The fraction of sp³-hybridized carbons (Fsp3) is 0.300. The Labute approximate surface area is 169 Å². The van der Waals surface area contributed by atoms with E-state index in [1.807, 2.05) is 12.1 Å². The molecule has 0 aliphatic carbocycles. The molecule has 1 heterocycles. The summed E-state index contributed by atoms with van der Waals surface area (Å²) in [5, 5.41) is 0. The van der Waals surface area contributed by atoms with Crippen molar-refractivity contribution in [3.05, 3.63) is 53.6 Å². The number of carbonyl (C=O) groups excluding carboxylic acids is 2. The molecule has 0 saturated heterocycles. The highest BCUT2D eigenvalue weighted by Crippen LogP contribution is 2.34. The summed E-state index contributed by atoms with van der Waals surface area (Å²) in [4.78, 5) is 24.0. The molecule has 0 radical (unpaired) electrons. The van der Waals surface area contributed by atoms with Gasteiger partial charge in [-0.2, -0.15) is 0 Å². The summed E-state index contributed by atoms with van der Waals surface area (Å²) in [5.74, 6) is -1.48. The van der Waals surface area contributed by atoms with Crippen LogP contribution in [-0.2, 0) is 30.7 Å². The lowest BCUT2D eigenvalue weighted by Crippen LogP contribution is -2.29. The summed E-state index contributed by atoms with van der Waals surface area (Å²) in [7, 11) is -1.38. The fourth-order valence-corrected chi connectivity index (χ4v) is 4.66. The Kier molecular flexibility index (Phi) is 5.78. The number of anilines is 1. The number of benzene rings is 2. The fourth-order valence-electron chi connectivity index (χ4n) is 3.13. The molecule has 9 heteroatoms. The van der Waals surface area contributed by atoms with Gasteiger partial charge >= 0.3 is 11.9 Å². The number of carbonyl (C=O) groups is 2. The van der Waals surface area contributed by atoms with Gasteiger partial charge in [-0.3, -0.25) is 4.31 Å². The molecule has 0 amide bonds. The molecule has 3 rings (SSSR count). The zero-order valence-corrected chi connectivity index (χ0v) is 17.1. The van der Waals surface area contributed by atoms with Gasteiger partial charge in [-0.25, -0.2) is 18.0 Å². The number of rotatable bonds is 6. The molecular formula is C20H21NO7S. The summed E-state index contributed by atoms with van der Waals surface area (Å²) in [6.45, 7) is 1.67. The van der Waals surface area contributed by atoms with Crippen molar-refractivity contribution in [3.8, 4) is 5.75 Å². The number of hydrogen-bond acceptors (Lipinski definition) is 7. The third kappa shape index (κ3) is 3.91. The average Bonchev–Trinajstić information content (AvgIpc) is 3.17. The molecule has 0 fully saturated rings. The molecule has 2 aromatic rings. The quantitative estimate of drug-likeness (QED) is 0.662. The van der Waals surface area contributed by atoms with Gasteiger partial charge in [-0.15, -0.1) is 0 Å². The molecule has 0 saturated carbocycles. The number of esters is 2. The van der Waals surface area contributed by atoms with Crippen LogP contribution in [0.15, 0.2) is 47.4 Å². The van der Waals surface area contributed by atoms with Crippen LogP contribution < -0.4 is 9.04 Å². The number of ether oxygens (including phenoxy) is 3. The van der Waals surface area contributed by atoms with Crippen LogP contribution in [-0.4, -0.2) is 47.2 Å². The molecule has 0 aromatic heterocycles. The highest BCUT2D eigenvalue weighted by molar-refractivity contribution is 7.92. The first kappa shape index (κ1) is 20.7. The summed E-state index contributed by atoms with van der Waals surface area (Å²) in [5.41, 5.74) is 1.46. The van der Waals surface area contributed by atoms with E-state index in [0.29, 0.717) is 18.7 Å². The Morgan fingerprint density at radius 3 is 2.52 bits per heavy atom. The maximum atomic E-state index is 13.2. The third-order valence-electron chi connectivity index (χ3n) is 4.64. The number of hydrogen-bond donors (Lipinski definition) is 0. The molecule has 2 aromatic carbocycles. The summed E-state index contributed by atoms with van der Waals surface area (Å²) >= 11 is 0. The Morgan fingerprint density at radius 1 is 1.10 bits per heavy atom. The monoisotopic (exact) mass is 419 g/mol. The van der Waals surface area contributed by atoms with Crippen molar-refractivity contribution < 1.29 is 32.2 Å². The van der Waals surface area contributed by atoms with Crippen molar-refractivity contribution in [1.82, 2.24) is 0 Å². The first-order valence-corrected chi connectivity index (χ1v) is 10.3. The molecule has 29 heavy (non-hydrogen) atoms. The number of methoxy groups -OCH3 is 2. The van der Waals surface area contributed by atoms with Gasteiger partial charge in [-0.05, 0) is 43.2 Å². The van der Waals surface area contributed by atoms with E-state index in [2.05, 4.69) is 4.74 Å². The van der Waals surface area contributed by atoms with E-state index in [4.69, 9.17) is 9.47 Å². The first-order valence-electron chi connectivity index (χ1n) is 8.87. The number of nitrogens with zero attached hydrogens (tertiary/aromatic N) is 1. The molecule has 1 aliphatic rings. The van der Waals surface area contributed by atoms with Crippen LogP contribution in [0.25, 0.3) is 0 Å². The lowest BCUT2D eigenvalue weighted by Gasteiger charge is -2.20. The lowest BCUT2D eigenvalue weighted by atomic mass is 10.2. The molecule has 0 N–H and O–H groups in total. The van der Waals surface area contributed by atoms with Crippen LogP contribution in [0.2, 0.25) is 0 Å². The zero-order chi connectivity index (χ0) is 21.2. The van der Waals surface area contributed by atoms with Gasteiger partial charge in [0.1, 0.15) is 11.3 Å².